The number of pyridine rings is 1. The van der Waals surface area contributed by atoms with Gasteiger partial charge >= 0.3 is 6.03 Å². The standard InChI is InChI=1S/C20H25N3O3/c1-3-26-19-16(5-4-12-21-19)13-22-20(24)23-18(14-6-7-14)15-8-10-17(25-2)11-9-15/h4-5,8-12,14,18H,3,6-7,13H2,1-2H3,(H2,22,23,24). The summed E-state index contributed by atoms with van der Waals surface area (Å²) >= 11 is 0. The van der Waals surface area contributed by atoms with Crippen LogP contribution in [0.5, 0.6) is 11.6 Å². The zero-order valence-corrected chi connectivity index (χ0v) is 15.2. The molecule has 26 heavy (non-hydrogen) atoms. The number of hydrogen-bond donors (Lipinski definition) is 2. The van der Waals surface area contributed by atoms with E-state index in [0.29, 0.717) is 24.9 Å². The highest BCUT2D eigenvalue weighted by atomic mass is 16.5. The molecule has 1 aromatic carbocycles. The Kier molecular flexibility index (Phi) is 5.94. The Morgan fingerprint density at radius 2 is 2.04 bits per heavy atom. The largest absolute Gasteiger partial charge is 0.497 e. The van der Waals surface area contributed by atoms with Crippen LogP contribution in [0.1, 0.15) is 36.9 Å². The number of rotatable bonds is 8. The van der Waals surface area contributed by atoms with Crippen LogP contribution in [0.2, 0.25) is 0 Å². The molecule has 1 unspecified atom stereocenters. The van der Waals surface area contributed by atoms with Gasteiger partial charge in [0.2, 0.25) is 5.88 Å². The number of aromatic nitrogens is 1. The van der Waals surface area contributed by atoms with Crippen molar-refractivity contribution in [3.05, 3.63) is 53.7 Å². The molecule has 6 nitrogen and oxygen atoms in total. The minimum Gasteiger partial charge on any atom is -0.497 e. The number of urea groups is 1. The Morgan fingerprint density at radius 1 is 1.27 bits per heavy atom. The van der Waals surface area contributed by atoms with E-state index in [-0.39, 0.29) is 12.1 Å². The first-order valence-corrected chi connectivity index (χ1v) is 8.96. The van der Waals surface area contributed by atoms with Crippen molar-refractivity contribution in [3.8, 4) is 11.6 Å². The Labute approximate surface area is 153 Å². The fourth-order valence-electron chi connectivity index (χ4n) is 2.91. The van der Waals surface area contributed by atoms with Gasteiger partial charge in [-0.15, -0.1) is 0 Å². The maximum Gasteiger partial charge on any atom is 0.315 e. The first-order chi connectivity index (χ1) is 12.7. The third-order valence-corrected chi connectivity index (χ3v) is 4.43. The zero-order chi connectivity index (χ0) is 18.4. The van der Waals surface area contributed by atoms with Gasteiger partial charge in [0.15, 0.2) is 0 Å². The topological polar surface area (TPSA) is 72.5 Å². The number of benzene rings is 1. The van der Waals surface area contributed by atoms with Crippen molar-refractivity contribution in [2.45, 2.75) is 32.4 Å². The lowest BCUT2D eigenvalue weighted by atomic mass is 10.0. The molecule has 3 rings (SSSR count). The fraction of sp³-hybridized carbons (Fsp3) is 0.400. The van der Waals surface area contributed by atoms with E-state index in [1.165, 1.54) is 0 Å². The lowest BCUT2D eigenvalue weighted by molar-refractivity contribution is 0.235. The molecule has 2 N–H and O–H groups in total. The van der Waals surface area contributed by atoms with E-state index in [4.69, 9.17) is 9.47 Å². The predicted molar refractivity (Wildman–Crippen MR) is 99.2 cm³/mol. The van der Waals surface area contributed by atoms with Crippen LogP contribution in [0.15, 0.2) is 42.6 Å². The van der Waals surface area contributed by atoms with Crippen LogP contribution in [0.3, 0.4) is 0 Å². The minimum atomic E-state index is -0.191. The summed E-state index contributed by atoms with van der Waals surface area (Å²) < 4.78 is 10.7. The van der Waals surface area contributed by atoms with Gasteiger partial charge in [0, 0.05) is 18.3 Å². The SMILES string of the molecule is CCOc1ncccc1CNC(=O)NC(c1ccc(OC)cc1)C1CC1. The van der Waals surface area contributed by atoms with Gasteiger partial charge in [0.1, 0.15) is 5.75 Å². The van der Waals surface area contributed by atoms with Crippen molar-refractivity contribution in [2.75, 3.05) is 13.7 Å². The molecular formula is C20H25N3O3. The third-order valence-electron chi connectivity index (χ3n) is 4.43. The van der Waals surface area contributed by atoms with Crippen molar-refractivity contribution in [2.24, 2.45) is 5.92 Å². The van der Waals surface area contributed by atoms with Gasteiger partial charge in [-0.3, -0.25) is 0 Å². The molecule has 2 amide bonds. The Bertz CT molecular complexity index is 729. The molecule has 1 aliphatic carbocycles. The smallest absolute Gasteiger partial charge is 0.315 e. The Hall–Kier alpha value is -2.76. The van der Waals surface area contributed by atoms with Crippen LogP contribution in [0.25, 0.3) is 0 Å². The predicted octanol–water partition coefficient (Wildman–Crippen LogP) is 3.44. The van der Waals surface area contributed by atoms with Crippen LogP contribution in [-0.2, 0) is 6.54 Å². The van der Waals surface area contributed by atoms with Crippen LogP contribution < -0.4 is 20.1 Å². The Balaban J connectivity index is 1.60. The van der Waals surface area contributed by atoms with Gasteiger partial charge in [-0.25, -0.2) is 9.78 Å². The van der Waals surface area contributed by atoms with Gasteiger partial charge in [0.05, 0.1) is 19.8 Å². The molecule has 0 bridgehead atoms. The van der Waals surface area contributed by atoms with E-state index < -0.39 is 0 Å². The fourth-order valence-corrected chi connectivity index (χ4v) is 2.91. The molecule has 0 aliphatic heterocycles. The zero-order valence-electron chi connectivity index (χ0n) is 15.2. The van der Waals surface area contributed by atoms with Crippen molar-refractivity contribution >= 4 is 6.03 Å². The number of hydrogen-bond acceptors (Lipinski definition) is 4. The normalized spacial score (nSPS) is 14.4. The van der Waals surface area contributed by atoms with Crippen LogP contribution in [-0.4, -0.2) is 24.7 Å². The van der Waals surface area contributed by atoms with Crippen molar-refractivity contribution in [3.63, 3.8) is 0 Å². The van der Waals surface area contributed by atoms with E-state index in [0.717, 1.165) is 29.7 Å². The molecule has 0 radical (unpaired) electrons. The highest BCUT2D eigenvalue weighted by Gasteiger charge is 2.33. The molecule has 6 heteroatoms. The summed E-state index contributed by atoms with van der Waals surface area (Å²) in [6.45, 7) is 2.82. The minimum absolute atomic E-state index is 0.0150. The molecule has 138 valence electrons. The highest BCUT2D eigenvalue weighted by Crippen LogP contribution is 2.41. The van der Waals surface area contributed by atoms with Crippen LogP contribution >= 0.6 is 0 Å². The summed E-state index contributed by atoms with van der Waals surface area (Å²) in [6.07, 6.45) is 3.95. The molecule has 2 aromatic rings. The molecule has 0 spiro atoms. The first kappa shape index (κ1) is 18.0. The third kappa shape index (κ3) is 4.65. The summed E-state index contributed by atoms with van der Waals surface area (Å²) in [5, 5.41) is 6.01. The molecule has 1 saturated carbocycles. The monoisotopic (exact) mass is 355 g/mol. The summed E-state index contributed by atoms with van der Waals surface area (Å²) in [5.41, 5.74) is 1.96. The summed E-state index contributed by atoms with van der Waals surface area (Å²) in [5.74, 6) is 1.86. The number of carbonyl (C=O) groups excluding carboxylic acids is 1. The van der Waals surface area contributed by atoms with Gasteiger partial charge in [0.25, 0.3) is 0 Å². The maximum absolute atomic E-state index is 12.4. The van der Waals surface area contributed by atoms with Crippen molar-refractivity contribution in [1.29, 1.82) is 0 Å². The average molecular weight is 355 g/mol. The number of carbonyl (C=O) groups is 1. The van der Waals surface area contributed by atoms with Gasteiger partial charge < -0.3 is 20.1 Å². The van der Waals surface area contributed by atoms with Crippen LogP contribution in [0.4, 0.5) is 4.79 Å². The van der Waals surface area contributed by atoms with Crippen molar-refractivity contribution in [1.82, 2.24) is 15.6 Å². The lowest BCUT2D eigenvalue weighted by Crippen LogP contribution is -2.38. The maximum atomic E-state index is 12.4. The van der Waals surface area contributed by atoms with E-state index in [9.17, 15) is 4.79 Å². The molecule has 1 aliphatic rings. The number of ether oxygens (including phenoxy) is 2. The Morgan fingerprint density at radius 3 is 2.69 bits per heavy atom. The van der Waals surface area contributed by atoms with Gasteiger partial charge in [-0.05, 0) is 49.4 Å². The molecular weight excluding hydrogens is 330 g/mol. The average Bonchev–Trinajstić information content (AvgIpc) is 3.51. The highest BCUT2D eigenvalue weighted by molar-refractivity contribution is 5.74. The molecule has 1 aromatic heterocycles. The van der Waals surface area contributed by atoms with E-state index in [1.54, 1.807) is 13.3 Å². The summed E-state index contributed by atoms with van der Waals surface area (Å²) in [6, 6.07) is 11.4. The first-order valence-electron chi connectivity index (χ1n) is 8.96. The van der Waals surface area contributed by atoms with E-state index in [2.05, 4.69) is 15.6 Å². The second-order valence-corrected chi connectivity index (χ2v) is 6.32. The number of amides is 2. The molecule has 1 atom stereocenters. The number of methoxy groups -OCH3 is 1. The lowest BCUT2D eigenvalue weighted by Gasteiger charge is -2.20. The number of nitrogens with one attached hydrogen (secondary N) is 2. The summed E-state index contributed by atoms with van der Waals surface area (Å²) in [4.78, 5) is 16.6. The quantitative estimate of drug-likeness (QED) is 0.761. The summed E-state index contributed by atoms with van der Waals surface area (Å²) in [7, 11) is 1.65. The molecule has 1 heterocycles. The van der Waals surface area contributed by atoms with Gasteiger partial charge in [-0.1, -0.05) is 18.2 Å². The van der Waals surface area contributed by atoms with E-state index in [1.807, 2.05) is 43.3 Å². The van der Waals surface area contributed by atoms with E-state index >= 15 is 0 Å². The van der Waals surface area contributed by atoms with Crippen molar-refractivity contribution < 1.29 is 14.3 Å². The number of nitrogens with zero attached hydrogens (tertiary/aromatic N) is 1. The van der Waals surface area contributed by atoms with Gasteiger partial charge in [-0.2, -0.15) is 0 Å². The second kappa shape index (κ2) is 8.56. The molecule has 1 fully saturated rings. The second-order valence-electron chi connectivity index (χ2n) is 6.32. The van der Waals surface area contributed by atoms with Crippen LogP contribution in [0, 0.1) is 5.92 Å². The molecule has 0 saturated heterocycles.